The van der Waals surface area contributed by atoms with Crippen LogP contribution in [0.15, 0.2) is 30.7 Å². The van der Waals surface area contributed by atoms with Crippen LogP contribution >= 0.6 is 11.6 Å². The van der Waals surface area contributed by atoms with Crippen molar-refractivity contribution in [3.05, 3.63) is 41.1 Å². The normalized spacial score (nSPS) is 12.4. The van der Waals surface area contributed by atoms with Crippen LogP contribution in [-0.2, 0) is 15.6 Å². The summed E-state index contributed by atoms with van der Waals surface area (Å²) >= 11 is 6.07. The third-order valence-corrected chi connectivity index (χ3v) is 4.96. The SMILES string of the molecule is C#CCN(C(=O)CCS(=O)CC(F)(F)F)c1cn(-c2ccc[n+]([O-])c2)nc1Cl. The minimum absolute atomic E-state index is 0.0960. The molecule has 0 N–H and O–H groups in total. The minimum atomic E-state index is -4.58. The van der Waals surface area contributed by atoms with Crippen LogP contribution in [-0.4, -0.2) is 44.1 Å². The summed E-state index contributed by atoms with van der Waals surface area (Å²) in [6.45, 7) is -0.216. The number of halogens is 4. The minimum Gasteiger partial charge on any atom is -0.619 e. The van der Waals surface area contributed by atoms with Gasteiger partial charge in [0.25, 0.3) is 0 Å². The number of hydrogen-bond donors (Lipinski definition) is 0. The number of terminal acetylenes is 1. The maximum atomic E-state index is 12.4. The molecule has 1 atom stereocenters. The predicted octanol–water partition coefficient (Wildman–Crippen LogP) is 1.83. The first-order valence-electron chi connectivity index (χ1n) is 7.70. The van der Waals surface area contributed by atoms with Crippen LogP contribution in [0.25, 0.3) is 5.69 Å². The van der Waals surface area contributed by atoms with E-state index < -0.39 is 40.8 Å². The number of aromatic nitrogens is 3. The van der Waals surface area contributed by atoms with E-state index in [2.05, 4.69) is 11.0 Å². The summed E-state index contributed by atoms with van der Waals surface area (Å²) in [7, 11) is -2.23. The van der Waals surface area contributed by atoms with Crippen LogP contribution < -0.4 is 9.63 Å². The Bertz CT molecular complexity index is 927. The van der Waals surface area contributed by atoms with Gasteiger partial charge in [-0.25, -0.2) is 4.68 Å². The Hall–Kier alpha value is -2.58. The second-order valence-electron chi connectivity index (χ2n) is 5.51. The molecule has 0 aliphatic carbocycles. The standard InChI is InChI=1S/C16H14ClF3N4O3S/c1-2-6-23(14(25)5-8-28(27)11-16(18,19)20)13-10-24(21-15(13)17)12-4-3-7-22(26)9-12/h1,3-4,7,9-10H,5-6,8,11H2. The first-order chi connectivity index (χ1) is 13.1. The molecule has 0 radical (unpaired) electrons. The molecule has 0 spiro atoms. The number of carbonyl (C=O) groups excluding carboxylic acids is 1. The van der Waals surface area contributed by atoms with Gasteiger partial charge in [0.05, 0.1) is 12.7 Å². The zero-order valence-corrected chi connectivity index (χ0v) is 15.8. The van der Waals surface area contributed by atoms with Crippen LogP contribution in [0.5, 0.6) is 0 Å². The summed E-state index contributed by atoms with van der Waals surface area (Å²) in [6.07, 6.45) is 4.12. The predicted molar refractivity (Wildman–Crippen MR) is 97.3 cm³/mol. The van der Waals surface area contributed by atoms with Crippen molar-refractivity contribution in [2.75, 3.05) is 23.0 Å². The molecule has 0 bridgehead atoms. The van der Waals surface area contributed by atoms with Gasteiger partial charge in [0.2, 0.25) is 12.1 Å². The summed E-state index contributed by atoms with van der Waals surface area (Å²) in [5.74, 6) is -0.354. The van der Waals surface area contributed by atoms with Crippen LogP contribution in [0.2, 0.25) is 5.15 Å². The number of hydrogen-bond acceptors (Lipinski definition) is 4. The highest BCUT2D eigenvalue weighted by molar-refractivity contribution is 7.85. The smallest absolute Gasteiger partial charge is 0.400 e. The zero-order chi connectivity index (χ0) is 20.9. The third-order valence-electron chi connectivity index (χ3n) is 3.38. The van der Waals surface area contributed by atoms with Gasteiger partial charge in [-0.15, -0.1) is 6.42 Å². The first kappa shape index (κ1) is 21.7. The van der Waals surface area contributed by atoms with Crippen molar-refractivity contribution in [2.45, 2.75) is 12.6 Å². The molecule has 0 saturated carbocycles. The summed E-state index contributed by atoms with van der Waals surface area (Å²) < 4.78 is 50.0. The number of amides is 1. The molecule has 28 heavy (non-hydrogen) atoms. The Balaban J connectivity index is 2.18. The fourth-order valence-corrected chi connectivity index (χ4v) is 3.37. The van der Waals surface area contributed by atoms with Gasteiger partial charge in [-0.2, -0.15) is 23.0 Å². The van der Waals surface area contributed by atoms with Gasteiger partial charge in [0.1, 0.15) is 17.1 Å². The van der Waals surface area contributed by atoms with E-state index in [9.17, 15) is 27.4 Å². The number of carbonyl (C=O) groups is 1. The lowest BCUT2D eigenvalue weighted by atomic mass is 10.3. The largest absolute Gasteiger partial charge is 0.619 e. The molecule has 1 amide bonds. The second-order valence-corrected chi connectivity index (χ2v) is 7.44. The molecule has 0 aliphatic rings. The molecular weight excluding hydrogens is 421 g/mol. The summed E-state index contributed by atoms with van der Waals surface area (Å²) in [6, 6.07) is 3.06. The van der Waals surface area contributed by atoms with E-state index in [1.165, 1.54) is 29.3 Å². The average molecular weight is 435 g/mol. The van der Waals surface area contributed by atoms with Crippen molar-refractivity contribution in [3.63, 3.8) is 0 Å². The molecule has 150 valence electrons. The monoisotopic (exact) mass is 434 g/mol. The maximum Gasteiger partial charge on any atom is 0.400 e. The molecule has 0 fully saturated rings. The van der Waals surface area contributed by atoms with E-state index >= 15 is 0 Å². The van der Waals surface area contributed by atoms with E-state index in [1.807, 2.05) is 0 Å². The van der Waals surface area contributed by atoms with Gasteiger partial charge < -0.3 is 5.21 Å². The van der Waals surface area contributed by atoms with Gasteiger partial charge in [-0.05, 0) is 6.07 Å². The molecule has 0 aromatic carbocycles. The van der Waals surface area contributed by atoms with E-state index in [4.69, 9.17) is 18.0 Å². The van der Waals surface area contributed by atoms with Gasteiger partial charge in [-0.3, -0.25) is 13.9 Å². The van der Waals surface area contributed by atoms with Crippen LogP contribution in [0, 0.1) is 17.6 Å². The molecule has 12 heteroatoms. The van der Waals surface area contributed by atoms with E-state index in [0.29, 0.717) is 10.4 Å². The van der Waals surface area contributed by atoms with Crippen molar-refractivity contribution >= 4 is 34.0 Å². The molecular formula is C16H14ClF3N4O3S. The molecule has 2 aromatic rings. The fraction of sp³-hybridized carbons (Fsp3) is 0.312. The van der Waals surface area contributed by atoms with Crippen molar-refractivity contribution < 1.29 is 26.9 Å². The second kappa shape index (κ2) is 9.07. The van der Waals surface area contributed by atoms with Gasteiger partial charge in [-0.1, -0.05) is 17.5 Å². The van der Waals surface area contributed by atoms with Crippen molar-refractivity contribution in [2.24, 2.45) is 0 Å². The number of alkyl halides is 3. The molecule has 2 aromatic heterocycles. The number of rotatable bonds is 7. The molecule has 2 rings (SSSR count). The van der Waals surface area contributed by atoms with Gasteiger partial charge in [0, 0.05) is 29.0 Å². The number of pyridine rings is 1. The van der Waals surface area contributed by atoms with Crippen molar-refractivity contribution in [3.8, 4) is 18.0 Å². The third kappa shape index (κ3) is 5.97. The molecule has 0 saturated heterocycles. The number of nitrogens with zero attached hydrogens (tertiary/aromatic N) is 4. The Labute approximate surface area is 165 Å². The zero-order valence-electron chi connectivity index (χ0n) is 14.2. The Morgan fingerprint density at radius 3 is 2.82 bits per heavy atom. The van der Waals surface area contributed by atoms with E-state index in [-0.39, 0.29) is 17.4 Å². The van der Waals surface area contributed by atoms with Crippen molar-refractivity contribution in [1.29, 1.82) is 0 Å². The van der Waals surface area contributed by atoms with Crippen LogP contribution in [0.1, 0.15) is 6.42 Å². The maximum absolute atomic E-state index is 12.4. The Morgan fingerprint density at radius 2 is 2.21 bits per heavy atom. The van der Waals surface area contributed by atoms with Crippen LogP contribution in [0.3, 0.4) is 0 Å². The molecule has 7 nitrogen and oxygen atoms in total. The van der Waals surface area contributed by atoms with Gasteiger partial charge in [0.15, 0.2) is 11.3 Å². The fourth-order valence-electron chi connectivity index (χ4n) is 2.23. The first-order valence-corrected chi connectivity index (χ1v) is 9.57. The quantitative estimate of drug-likeness (QED) is 0.378. The highest BCUT2D eigenvalue weighted by Gasteiger charge is 2.31. The molecule has 2 heterocycles. The lowest BCUT2D eigenvalue weighted by Gasteiger charge is -2.18. The topological polar surface area (TPSA) is 82.1 Å². The summed E-state index contributed by atoms with van der Waals surface area (Å²) in [4.78, 5) is 13.5. The lowest BCUT2D eigenvalue weighted by molar-refractivity contribution is -0.605. The molecule has 0 aliphatic heterocycles. The summed E-state index contributed by atoms with van der Waals surface area (Å²) in [5.41, 5.74) is 0.484. The average Bonchev–Trinajstić information content (AvgIpc) is 2.97. The lowest BCUT2D eigenvalue weighted by Crippen LogP contribution is -2.32. The highest BCUT2D eigenvalue weighted by Crippen LogP contribution is 2.26. The Kier molecular flexibility index (Phi) is 7.04. The van der Waals surface area contributed by atoms with E-state index in [0.717, 1.165) is 4.90 Å². The summed E-state index contributed by atoms with van der Waals surface area (Å²) in [5, 5.41) is 15.3. The Morgan fingerprint density at radius 1 is 1.50 bits per heavy atom. The molecule has 1 unspecified atom stereocenters. The number of anilines is 1. The van der Waals surface area contributed by atoms with Crippen molar-refractivity contribution in [1.82, 2.24) is 9.78 Å². The van der Waals surface area contributed by atoms with Crippen LogP contribution in [0.4, 0.5) is 18.9 Å². The highest BCUT2D eigenvalue weighted by atomic mass is 35.5. The van der Waals surface area contributed by atoms with Gasteiger partial charge >= 0.3 is 6.18 Å². The van der Waals surface area contributed by atoms with E-state index in [1.54, 1.807) is 6.07 Å².